The van der Waals surface area contributed by atoms with Gasteiger partial charge in [-0.3, -0.25) is 0 Å². The fraction of sp³-hybridized carbons (Fsp3) is 0.105. The molecule has 8 heteroatoms. The van der Waals surface area contributed by atoms with Gasteiger partial charge in [0.25, 0.3) is 0 Å². The van der Waals surface area contributed by atoms with E-state index in [2.05, 4.69) is 16.9 Å². The third kappa shape index (κ3) is 4.38. The Morgan fingerprint density at radius 3 is 2.30 bits per heavy atom. The number of rotatable bonds is 2. The van der Waals surface area contributed by atoms with Crippen molar-refractivity contribution in [3.05, 3.63) is 77.6 Å². The third-order valence-corrected chi connectivity index (χ3v) is 4.71. The van der Waals surface area contributed by atoms with Crippen LogP contribution >= 0.6 is 0 Å². The van der Waals surface area contributed by atoms with Crippen molar-refractivity contribution in [1.82, 2.24) is 9.78 Å². The predicted octanol–water partition coefficient (Wildman–Crippen LogP) is 3.69. The Morgan fingerprint density at radius 1 is 0.963 bits per heavy atom. The number of halogens is 3. The van der Waals surface area contributed by atoms with Crippen molar-refractivity contribution in [2.45, 2.75) is 11.1 Å². The summed E-state index contributed by atoms with van der Waals surface area (Å²) in [5.41, 5.74) is -0.215. The van der Waals surface area contributed by atoms with Crippen LogP contribution in [0.1, 0.15) is 17.0 Å². The van der Waals surface area contributed by atoms with E-state index in [0.29, 0.717) is 11.3 Å². The molecule has 0 aliphatic rings. The number of hydrogen-bond acceptors (Lipinski definition) is 3. The van der Waals surface area contributed by atoms with Crippen molar-refractivity contribution < 1.29 is 21.6 Å². The lowest BCUT2D eigenvalue weighted by Crippen LogP contribution is -2.07. The monoisotopic (exact) mass is 390 g/mol. The van der Waals surface area contributed by atoms with Gasteiger partial charge in [0, 0.05) is 17.9 Å². The standard InChI is InChI=1S/C19H13F3N2O2S/c1-27(25,26)17-9-5-6-14(12-17)10-11-16-13-18(19(20,21)22)23-24(16)15-7-3-2-4-8-15/h2-9,12-13H,1H3. The fourth-order valence-corrected chi connectivity index (χ4v) is 2.98. The lowest BCUT2D eigenvalue weighted by molar-refractivity contribution is -0.141. The van der Waals surface area contributed by atoms with Crippen molar-refractivity contribution in [2.75, 3.05) is 6.26 Å². The zero-order chi connectivity index (χ0) is 19.7. The molecule has 0 aliphatic carbocycles. The van der Waals surface area contributed by atoms with E-state index in [1.165, 1.54) is 18.2 Å². The molecular weight excluding hydrogens is 377 g/mol. The van der Waals surface area contributed by atoms with Crippen molar-refractivity contribution in [3.8, 4) is 17.5 Å². The van der Waals surface area contributed by atoms with Crippen LogP contribution in [0.15, 0.2) is 65.6 Å². The van der Waals surface area contributed by atoms with Crippen LogP contribution < -0.4 is 0 Å². The van der Waals surface area contributed by atoms with Crippen LogP contribution in [0.2, 0.25) is 0 Å². The minimum Gasteiger partial charge on any atom is -0.225 e. The molecule has 3 aromatic rings. The zero-order valence-corrected chi connectivity index (χ0v) is 14.8. The average molecular weight is 390 g/mol. The molecule has 0 radical (unpaired) electrons. The molecule has 0 aliphatic heterocycles. The Labute approximate surface area is 154 Å². The molecule has 0 atom stereocenters. The molecule has 0 saturated carbocycles. The Hall–Kier alpha value is -3.05. The predicted molar refractivity (Wildman–Crippen MR) is 94.1 cm³/mol. The van der Waals surface area contributed by atoms with Gasteiger partial charge in [0.15, 0.2) is 15.5 Å². The first-order valence-electron chi connectivity index (χ1n) is 7.69. The fourth-order valence-electron chi connectivity index (χ4n) is 2.32. The normalized spacial score (nSPS) is 11.7. The van der Waals surface area contributed by atoms with Crippen LogP contribution in [0.3, 0.4) is 0 Å². The highest BCUT2D eigenvalue weighted by molar-refractivity contribution is 7.90. The average Bonchev–Trinajstić information content (AvgIpc) is 3.05. The van der Waals surface area contributed by atoms with E-state index in [-0.39, 0.29) is 10.6 Å². The number of benzene rings is 2. The molecule has 0 spiro atoms. The number of nitrogens with zero attached hydrogens (tertiary/aromatic N) is 2. The molecule has 0 saturated heterocycles. The van der Waals surface area contributed by atoms with Gasteiger partial charge in [0.05, 0.1) is 10.6 Å². The maximum Gasteiger partial charge on any atom is 0.435 e. The first-order chi connectivity index (χ1) is 12.6. The molecule has 27 heavy (non-hydrogen) atoms. The Morgan fingerprint density at radius 2 is 1.67 bits per heavy atom. The van der Waals surface area contributed by atoms with Crippen LogP contribution in [0, 0.1) is 11.8 Å². The topological polar surface area (TPSA) is 52.0 Å². The highest BCUT2D eigenvalue weighted by atomic mass is 32.2. The van der Waals surface area contributed by atoms with Gasteiger partial charge >= 0.3 is 6.18 Å². The second-order valence-corrected chi connectivity index (χ2v) is 7.73. The van der Waals surface area contributed by atoms with Gasteiger partial charge in [-0.1, -0.05) is 30.2 Å². The molecule has 1 aromatic heterocycles. The molecule has 3 rings (SSSR count). The lowest BCUT2D eigenvalue weighted by atomic mass is 10.2. The van der Waals surface area contributed by atoms with E-state index >= 15 is 0 Å². The maximum atomic E-state index is 13.1. The van der Waals surface area contributed by atoms with Crippen molar-refractivity contribution in [1.29, 1.82) is 0 Å². The largest absolute Gasteiger partial charge is 0.435 e. The quantitative estimate of drug-likeness (QED) is 0.627. The number of hydrogen-bond donors (Lipinski definition) is 0. The van der Waals surface area contributed by atoms with Gasteiger partial charge < -0.3 is 0 Å². The first kappa shape index (κ1) is 18.7. The molecule has 4 nitrogen and oxygen atoms in total. The minimum absolute atomic E-state index is 0.0401. The number of sulfone groups is 1. The number of para-hydroxylation sites is 1. The van der Waals surface area contributed by atoms with E-state index in [9.17, 15) is 21.6 Å². The van der Waals surface area contributed by atoms with E-state index in [1.54, 1.807) is 36.4 Å². The minimum atomic E-state index is -4.60. The summed E-state index contributed by atoms with van der Waals surface area (Å²) in [6, 6.07) is 15.1. The maximum absolute atomic E-state index is 13.1. The highest BCUT2D eigenvalue weighted by Crippen LogP contribution is 2.29. The van der Waals surface area contributed by atoms with Gasteiger partial charge in [-0.15, -0.1) is 0 Å². The summed E-state index contributed by atoms with van der Waals surface area (Å²) in [4.78, 5) is 0.0850. The van der Waals surface area contributed by atoms with E-state index in [4.69, 9.17) is 0 Å². The zero-order valence-electron chi connectivity index (χ0n) is 14.0. The molecule has 0 fully saturated rings. The second kappa shape index (κ2) is 6.93. The van der Waals surface area contributed by atoms with Crippen molar-refractivity contribution in [2.24, 2.45) is 0 Å². The Bertz CT molecular complexity index is 1140. The van der Waals surface area contributed by atoms with E-state index in [0.717, 1.165) is 17.0 Å². The van der Waals surface area contributed by atoms with Gasteiger partial charge in [-0.2, -0.15) is 18.3 Å². The smallest absolute Gasteiger partial charge is 0.225 e. The second-order valence-electron chi connectivity index (χ2n) is 5.71. The first-order valence-corrected chi connectivity index (χ1v) is 9.58. The van der Waals surface area contributed by atoms with E-state index < -0.39 is 21.7 Å². The number of alkyl halides is 3. The van der Waals surface area contributed by atoms with Crippen molar-refractivity contribution >= 4 is 9.84 Å². The molecule has 0 amide bonds. The van der Waals surface area contributed by atoms with Gasteiger partial charge in [0.2, 0.25) is 0 Å². The molecule has 0 bridgehead atoms. The van der Waals surface area contributed by atoms with Crippen LogP contribution in [0.5, 0.6) is 0 Å². The van der Waals surface area contributed by atoms with E-state index in [1.807, 2.05) is 0 Å². The van der Waals surface area contributed by atoms with Gasteiger partial charge in [-0.05, 0) is 36.3 Å². The summed E-state index contributed by atoms with van der Waals surface area (Å²) in [5.74, 6) is 5.36. The highest BCUT2D eigenvalue weighted by Gasteiger charge is 2.35. The van der Waals surface area contributed by atoms with Crippen LogP contribution in [-0.2, 0) is 16.0 Å². The summed E-state index contributed by atoms with van der Waals surface area (Å²) in [7, 11) is -3.41. The molecule has 0 N–H and O–H groups in total. The summed E-state index contributed by atoms with van der Waals surface area (Å²) >= 11 is 0. The molecule has 138 valence electrons. The number of aromatic nitrogens is 2. The van der Waals surface area contributed by atoms with Crippen LogP contribution in [-0.4, -0.2) is 24.5 Å². The Kier molecular flexibility index (Phi) is 4.81. The van der Waals surface area contributed by atoms with Gasteiger partial charge in [-0.25, -0.2) is 13.1 Å². The third-order valence-electron chi connectivity index (χ3n) is 3.60. The lowest BCUT2D eigenvalue weighted by Gasteiger charge is -2.03. The molecule has 0 unspecified atom stereocenters. The van der Waals surface area contributed by atoms with Gasteiger partial charge in [0.1, 0.15) is 5.69 Å². The van der Waals surface area contributed by atoms with Crippen LogP contribution in [0.25, 0.3) is 5.69 Å². The SMILES string of the molecule is CS(=O)(=O)c1cccc(C#Cc2cc(C(F)(F)F)nn2-c2ccccc2)c1. The summed E-state index contributed by atoms with van der Waals surface area (Å²) < 4.78 is 63.5. The summed E-state index contributed by atoms with van der Waals surface area (Å²) in [6.45, 7) is 0. The summed E-state index contributed by atoms with van der Waals surface area (Å²) in [5, 5.41) is 3.61. The Balaban J connectivity index is 2.08. The van der Waals surface area contributed by atoms with Crippen LogP contribution in [0.4, 0.5) is 13.2 Å². The van der Waals surface area contributed by atoms with Crippen molar-refractivity contribution in [3.63, 3.8) is 0 Å². The molecule has 1 heterocycles. The summed E-state index contributed by atoms with van der Waals surface area (Å²) in [6.07, 6.45) is -3.54. The molecule has 2 aromatic carbocycles. The molecular formula is C19H13F3N2O2S.